The quantitative estimate of drug-likeness (QED) is 0.330. The first-order valence-electron chi connectivity index (χ1n) is 10.2. The van der Waals surface area contributed by atoms with Crippen LogP contribution in [0, 0.1) is 0 Å². The number of anilines is 2. The van der Waals surface area contributed by atoms with Crippen molar-refractivity contribution >= 4 is 28.3 Å². The van der Waals surface area contributed by atoms with Crippen molar-refractivity contribution in [1.82, 2.24) is 0 Å². The molecule has 1 amide bonds. The van der Waals surface area contributed by atoms with Gasteiger partial charge in [-0.15, -0.1) is 0 Å². The topological polar surface area (TPSA) is 72.7 Å². The first kappa shape index (κ1) is 23.0. The van der Waals surface area contributed by atoms with Crippen molar-refractivity contribution in [2.75, 3.05) is 24.9 Å². The van der Waals surface area contributed by atoms with Gasteiger partial charge in [0.1, 0.15) is 17.1 Å². The zero-order valence-electron chi connectivity index (χ0n) is 18.3. The average Bonchev–Trinajstić information content (AvgIpc) is 3.26. The Labute approximate surface area is 193 Å². The van der Waals surface area contributed by atoms with Crippen LogP contribution in [0.3, 0.4) is 0 Å². The summed E-state index contributed by atoms with van der Waals surface area (Å²) in [5, 5.41) is 6.41. The Morgan fingerprint density at radius 3 is 2.32 bits per heavy atom. The van der Waals surface area contributed by atoms with E-state index < -0.39 is 17.6 Å². The molecule has 0 radical (unpaired) electrons. The summed E-state index contributed by atoms with van der Waals surface area (Å²) in [5.41, 5.74) is 1.39. The van der Waals surface area contributed by atoms with E-state index in [1.165, 1.54) is 18.2 Å². The molecule has 9 heteroatoms. The lowest BCUT2D eigenvalue weighted by Gasteiger charge is -2.10. The van der Waals surface area contributed by atoms with E-state index in [1.54, 1.807) is 32.4 Å². The molecule has 6 nitrogen and oxygen atoms in total. The molecular weight excluding hydrogens is 449 g/mol. The van der Waals surface area contributed by atoms with Gasteiger partial charge in [-0.25, -0.2) is 0 Å². The number of alkyl halides is 3. The number of furan rings is 1. The van der Waals surface area contributed by atoms with Crippen LogP contribution in [0.4, 0.5) is 24.5 Å². The summed E-state index contributed by atoms with van der Waals surface area (Å²) < 4.78 is 54.9. The summed E-state index contributed by atoms with van der Waals surface area (Å²) in [6, 6.07) is 16.9. The fourth-order valence-corrected chi connectivity index (χ4v) is 3.40. The third kappa shape index (κ3) is 5.25. The molecule has 1 aromatic heterocycles. The average molecular weight is 470 g/mol. The molecule has 176 valence electrons. The Morgan fingerprint density at radius 1 is 0.912 bits per heavy atom. The number of rotatable bonds is 7. The van der Waals surface area contributed by atoms with E-state index in [0.717, 1.165) is 23.4 Å². The number of benzene rings is 3. The molecule has 0 aliphatic carbocycles. The maximum atomic E-state index is 12.9. The Kier molecular flexibility index (Phi) is 6.36. The lowest BCUT2D eigenvalue weighted by Crippen LogP contribution is -2.12. The predicted octanol–water partition coefficient (Wildman–Crippen LogP) is 6.33. The normalized spacial score (nSPS) is 11.3. The Bertz CT molecular complexity index is 1310. The molecule has 3 aromatic carbocycles. The molecule has 0 unspecified atom stereocenters. The second kappa shape index (κ2) is 9.38. The Balaban J connectivity index is 1.47. The highest BCUT2D eigenvalue weighted by molar-refractivity contribution is 6.04. The summed E-state index contributed by atoms with van der Waals surface area (Å²) in [5.74, 6) is 0.700. The van der Waals surface area contributed by atoms with E-state index >= 15 is 0 Å². The Morgan fingerprint density at radius 2 is 1.65 bits per heavy atom. The SMILES string of the molecule is COc1cc(CNc2ccc3oc(C(=O)Nc4cccc(C(F)(F)F)c4)cc3c2)cc(OC)c1. The summed E-state index contributed by atoms with van der Waals surface area (Å²) in [7, 11) is 3.17. The van der Waals surface area contributed by atoms with Crippen LogP contribution >= 0.6 is 0 Å². The zero-order chi connectivity index (χ0) is 24.3. The summed E-state index contributed by atoms with van der Waals surface area (Å²) >= 11 is 0. The lowest BCUT2D eigenvalue weighted by atomic mass is 10.1. The van der Waals surface area contributed by atoms with Gasteiger partial charge in [-0.05, 0) is 60.2 Å². The van der Waals surface area contributed by atoms with E-state index in [9.17, 15) is 18.0 Å². The monoisotopic (exact) mass is 470 g/mol. The van der Waals surface area contributed by atoms with Gasteiger partial charge in [0.05, 0.1) is 19.8 Å². The van der Waals surface area contributed by atoms with Crippen molar-refractivity contribution in [3.05, 3.63) is 83.6 Å². The largest absolute Gasteiger partial charge is 0.497 e. The minimum absolute atomic E-state index is 0.0120. The van der Waals surface area contributed by atoms with Gasteiger partial charge in [-0.1, -0.05) is 6.07 Å². The van der Waals surface area contributed by atoms with E-state index in [2.05, 4.69) is 10.6 Å². The molecule has 2 N–H and O–H groups in total. The van der Waals surface area contributed by atoms with Crippen molar-refractivity contribution in [2.45, 2.75) is 12.7 Å². The molecule has 4 rings (SSSR count). The second-order valence-electron chi connectivity index (χ2n) is 7.47. The van der Waals surface area contributed by atoms with Crippen LogP contribution < -0.4 is 20.1 Å². The van der Waals surface area contributed by atoms with Crippen LogP contribution in [-0.4, -0.2) is 20.1 Å². The number of ether oxygens (including phenoxy) is 2. The highest BCUT2D eigenvalue weighted by Gasteiger charge is 2.30. The van der Waals surface area contributed by atoms with Crippen LogP contribution in [0.1, 0.15) is 21.7 Å². The smallest absolute Gasteiger partial charge is 0.416 e. The van der Waals surface area contributed by atoms with Gasteiger partial charge in [0, 0.05) is 29.4 Å². The molecule has 4 aromatic rings. The lowest BCUT2D eigenvalue weighted by molar-refractivity contribution is -0.137. The van der Waals surface area contributed by atoms with Gasteiger partial charge in [0.15, 0.2) is 5.76 Å². The van der Waals surface area contributed by atoms with E-state index in [4.69, 9.17) is 13.9 Å². The summed E-state index contributed by atoms with van der Waals surface area (Å²) in [6.45, 7) is 0.500. The molecule has 0 aliphatic rings. The molecule has 0 aliphatic heterocycles. The molecule has 34 heavy (non-hydrogen) atoms. The Hall–Kier alpha value is -4.14. The van der Waals surface area contributed by atoms with Crippen molar-refractivity contribution in [2.24, 2.45) is 0 Å². The molecule has 0 fully saturated rings. The molecule has 0 saturated carbocycles. The number of amides is 1. The van der Waals surface area contributed by atoms with Crippen LogP contribution in [-0.2, 0) is 12.7 Å². The highest BCUT2D eigenvalue weighted by atomic mass is 19.4. The van der Waals surface area contributed by atoms with Gasteiger partial charge in [0.25, 0.3) is 5.91 Å². The number of hydrogen-bond donors (Lipinski definition) is 2. The maximum absolute atomic E-state index is 12.9. The highest BCUT2D eigenvalue weighted by Crippen LogP contribution is 2.31. The van der Waals surface area contributed by atoms with E-state index in [1.807, 2.05) is 18.2 Å². The number of halogens is 3. The number of methoxy groups -OCH3 is 2. The second-order valence-corrected chi connectivity index (χ2v) is 7.47. The first-order chi connectivity index (χ1) is 16.2. The van der Waals surface area contributed by atoms with Crippen molar-refractivity contribution in [3.63, 3.8) is 0 Å². The number of hydrogen-bond acceptors (Lipinski definition) is 5. The molecule has 0 atom stereocenters. The number of fused-ring (bicyclic) bond motifs is 1. The number of carbonyl (C=O) groups excluding carboxylic acids is 1. The third-order valence-electron chi connectivity index (χ3n) is 5.10. The predicted molar refractivity (Wildman–Crippen MR) is 122 cm³/mol. The molecule has 0 bridgehead atoms. The van der Waals surface area contributed by atoms with Gasteiger partial charge in [-0.2, -0.15) is 13.2 Å². The van der Waals surface area contributed by atoms with Gasteiger partial charge >= 0.3 is 6.18 Å². The standard InChI is InChI=1S/C25H21F3N2O4/c1-32-20-8-15(9-21(13-20)33-2)14-29-18-6-7-22-16(10-18)11-23(34-22)24(31)30-19-5-3-4-17(12-19)25(26,27)28/h3-13,29H,14H2,1-2H3,(H,30,31). The molecule has 0 saturated heterocycles. The van der Waals surface area contributed by atoms with Crippen molar-refractivity contribution < 1.29 is 31.9 Å². The van der Waals surface area contributed by atoms with Crippen LogP contribution in [0.5, 0.6) is 11.5 Å². The third-order valence-corrected chi connectivity index (χ3v) is 5.10. The van der Waals surface area contributed by atoms with E-state index in [-0.39, 0.29) is 11.4 Å². The van der Waals surface area contributed by atoms with Crippen LogP contribution in [0.15, 0.2) is 71.1 Å². The minimum atomic E-state index is -4.50. The van der Waals surface area contributed by atoms with Gasteiger partial charge < -0.3 is 24.5 Å². The number of carbonyl (C=O) groups is 1. The van der Waals surface area contributed by atoms with Crippen molar-refractivity contribution in [3.8, 4) is 11.5 Å². The first-order valence-corrected chi connectivity index (χ1v) is 10.2. The fourth-order valence-electron chi connectivity index (χ4n) is 3.40. The maximum Gasteiger partial charge on any atom is 0.416 e. The molecule has 1 heterocycles. The van der Waals surface area contributed by atoms with Crippen LogP contribution in [0.25, 0.3) is 11.0 Å². The van der Waals surface area contributed by atoms with Gasteiger partial charge in [0.2, 0.25) is 0 Å². The van der Waals surface area contributed by atoms with Gasteiger partial charge in [-0.3, -0.25) is 4.79 Å². The van der Waals surface area contributed by atoms with Crippen LogP contribution in [0.2, 0.25) is 0 Å². The minimum Gasteiger partial charge on any atom is -0.497 e. The summed E-state index contributed by atoms with van der Waals surface area (Å²) in [4.78, 5) is 12.5. The zero-order valence-corrected chi connectivity index (χ0v) is 18.3. The summed E-state index contributed by atoms with van der Waals surface area (Å²) in [6.07, 6.45) is -4.50. The van der Waals surface area contributed by atoms with E-state index in [0.29, 0.717) is 29.0 Å². The van der Waals surface area contributed by atoms with Crippen molar-refractivity contribution in [1.29, 1.82) is 0 Å². The molecule has 0 spiro atoms. The number of nitrogens with one attached hydrogen (secondary N) is 2. The molecular formula is C25H21F3N2O4. The fraction of sp³-hybridized carbons (Fsp3) is 0.160.